The molecule has 7 heteroatoms. The van der Waals surface area contributed by atoms with Gasteiger partial charge < -0.3 is 4.52 Å². The Morgan fingerprint density at radius 1 is 1.29 bits per heavy atom. The summed E-state index contributed by atoms with van der Waals surface area (Å²) in [5.41, 5.74) is 2.23. The van der Waals surface area contributed by atoms with Gasteiger partial charge in [-0.3, -0.25) is 10.1 Å². The molecule has 112 valence electrons. The fourth-order valence-corrected chi connectivity index (χ4v) is 2.34. The maximum atomic E-state index is 11.7. The Kier molecular flexibility index (Phi) is 4.42. The number of anilines is 1. The number of amides is 1. The summed E-state index contributed by atoms with van der Waals surface area (Å²) in [5, 5.41) is 6.48. The van der Waals surface area contributed by atoms with E-state index in [4.69, 9.17) is 4.52 Å². The van der Waals surface area contributed by atoms with E-state index in [-0.39, 0.29) is 18.1 Å². The minimum Gasteiger partial charge on any atom is -0.338 e. The Morgan fingerprint density at radius 3 is 2.57 bits per heavy atom. The van der Waals surface area contributed by atoms with Crippen LogP contribution in [0.4, 0.5) is 5.88 Å². The summed E-state index contributed by atoms with van der Waals surface area (Å²) < 4.78 is 27.2. The van der Waals surface area contributed by atoms with Gasteiger partial charge in [-0.25, -0.2) is 8.42 Å². The number of carbonyl (C=O) groups is 1. The molecule has 0 aliphatic heterocycles. The van der Waals surface area contributed by atoms with Crippen molar-refractivity contribution in [3.8, 4) is 11.3 Å². The maximum absolute atomic E-state index is 11.7. The molecule has 1 aromatic heterocycles. The van der Waals surface area contributed by atoms with Gasteiger partial charge in [0.1, 0.15) is 15.5 Å². The monoisotopic (exact) mass is 308 g/mol. The highest BCUT2D eigenvalue weighted by Gasteiger charge is 2.16. The van der Waals surface area contributed by atoms with Crippen LogP contribution >= 0.6 is 0 Å². The van der Waals surface area contributed by atoms with Crippen LogP contribution in [0.5, 0.6) is 0 Å². The van der Waals surface area contributed by atoms with Crippen LogP contribution in [-0.4, -0.2) is 31.5 Å². The number of hydrogen-bond donors (Lipinski definition) is 1. The number of nitrogens with zero attached hydrogens (tertiary/aromatic N) is 1. The fraction of sp³-hybridized carbons (Fsp3) is 0.286. The van der Waals surface area contributed by atoms with Crippen molar-refractivity contribution < 1.29 is 17.7 Å². The van der Waals surface area contributed by atoms with Crippen LogP contribution < -0.4 is 5.32 Å². The standard InChI is InChI=1S/C14H16N2O4S/c1-10-13(11-6-4-3-5-7-11)16-20-14(10)15-12(17)8-9-21(2,18)19/h3-7H,8-9H2,1-2H3,(H,15,17). The summed E-state index contributed by atoms with van der Waals surface area (Å²) in [7, 11) is -3.17. The molecule has 6 nitrogen and oxygen atoms in total. The van der Waals surface area contributed by atoms with Gasteiger partial charge >= 0.3 is 0 Å². The van der Waals surface area contributed by atoms with Crippen LogP contribution in [0.25, 0.3) is 11.3 Å². The first-order chi connectivity index (χ1) is 9.87. The van der Waals surface area contributed by atoms with Crippen molar-refractivity contribution in [2.45, 2.75) is 13.3 Å². The summed E-state index contributed by atoms with van der Waals surface area (Å²) in [4.78, 5) is 11.7. The zero-order valence-corrected chi connectivity index (χ0v) is 12.6. The molecule has 0 atom stereocenters. The third-order valence-electron chi connectivity index (χ3n) is 2.92. The summed E-state index contributed by atoms with van der Waals surface area (Å²) >= 11 is 0. The average molecular weight is 308 g/mol. The molecule has 0 aliphatic carbocycles. The van der Waals surface area contributed by atoms with Crippen LogP contribution in [0, 0.1) is 6.92 Å². The molecule has 0 saturated carbocycles. The Hall–Kier alpha value is -2.15. The number of nitrogens with one attached hydrogen (secondary N) is 1. The molecule has 21 heavy (non-hydrogen) atoms. The number of sulfone groups is 1. The van der Waals surface area contributed by atoms with E-state index in [0.29, 0.717) is 11.3 Å². The van der Waals surface area contributed by atoms with Crippen molar-refractivity contribution >= 4 is 21.6 Å². The Bertz CT molecular complexity index is 736. The van der Waals surface area contributed by atoms with Gasteiger partial charge in [-0.2, -0.15) is 0 Å². The number of carbonyl (C=O) groups excluding carboxylic acids is 1. The van der Waals surface area contributed by atoms with Gasteiger partial charge in [0, 0.05) is 23.8 Å². The maximum Gasteiger partial charge on any atom is 0.234 e. The number of rotatable bonds is 5. The van der Waals surface area contributed by atoms with E-state index < -0.39 is 15.7 Å². The van der Waals surface area contributed by atoms with E-state index in [9.17, 15) is 13.2 Å². The van der Waals surface area contributed by atoms with Crippen molar-refractivity contribution in [2.24, 2.45) is 0 Å². The third kappa shape index (κ3) is 4.16. The van der Waals surface area contributed by atoms with Crippen LogP contribution in [0.2, 0.25) is 0 Å². The van der Waals surface area contributed by atoms with Gasteiger partial charge in [-0.15, -0.1) is 0 Å². The topological polar surface area (TPSA) is 89.3 Å². The van der Waals surface area contributed by atoms with Gasteiger partial charge in [-0.1, -0.05) is 35.5 Å². The second-order valence-corrected chi connectivity index (χ2v) is 7.04. The van der Waals surface area contributed by atoms with E-state index in [1.165, 1.54) is 0 Å². The van der Waals surface area contributed by atoms with Crippen molar-refractivity contribution in [3.05, 3.63) is 35.9 Å². The Morgan fingerprint density at radius 2 is 1.95 bits per heavy atom. The van der Waals surface area contributed by atoms with Crippen molar-refractivity contribution in [2.75, 3.05) is 17.3 Å². The Labute approximate surface area is 123 Å². The molecule has 0 bridgehead atoms. The highest BCUT2D eigenvalue weighted by atomic mass is 32.2. The summed E-state index contributed by atoms with van der Waals surface area (Å²) in [6, 6.07) is 9.44. The molecule has 1 N–H and O–H groups in total. The summed E-state index contributed by atoms with van der Waals surface area (Å²) in [5.74, 6) is -0.371. The quantitative estimate of drug-likeness (QED) is 0.912. The number of benzene rings is 1. The highest BCUT2D eigenvalue weighted by Crippen LogP contribution is 2.27. The van der Waals surface area contributed by atoms with E-state index in [2.05, 4.69) is 10.5 Å². The molecule has 0 fully saturated rings. The minimum absolute atomic E-state index is 0.111. The van der Waals surface area contributed by atoms with Crippen LogP contribution in [-0.2, 0) is 14.6 Å². The molecule has 0 radical (unpaired) electrons. The predicted octanol–water partition coefficient (Wildman–Crippen LogP) is 2.02. The van der Waals surface area contributed by atoms with E-state index in [0.717, 1.165) is 11.8 Å². The van der Waals surface area contributed by atoms with Crippen LogP contribution in [0.1, 0.15) is 12.0 Å². The van der Waals surface area contributed by atoms with Crippen molar-refractivity contribution in [1.29, 1.82) is 0 Å². The lowest BCUT2D eigenvalue weighted by molar-refractivity contribution is -0.115. The molecule has 1 amide bonds. The molecule has 0 saturated heterocycles. The molecule has 0 unspecified atom stereocenters. The zero-order valence-electron chi connectivity index (χ0n) is 11.8. The fourth-order valence-electron chi connectivity index (χ4n) is 1.78. The molecule has 0 aliphatic rings. The summed E-state index contributed by atoms with van der Waals surface area (Å²) in [6.45, 7) is 1.78. The Balaban J connectivity index is 2.09. The molecular formula is C14H16N2O4S. The average Bonchev–Trinajstić information content (AvgIpc) is 2.78. The molecule has 2 rings (SSSR count). The van der Waals surface area contributed by atoms with Crippen molar-refractivity contribution in [1.82, 2.24) is 5.16 Å². The number of aromatic nitrogens is 1. The van der Waals surface area contributed by atoms with Gasteiger partial charge in [0.25, 0.3) is 0 Å². The highest BCUT2D eigenvalue weighted by molar-refractivity contribution is 7.90. The van der Waals surface area contributed by atoms with E-state index >= 15 is 0 Å². The lowest BCUT2D eigenvalue weighted by Crippen LogP contribution is -2.16. The van der Waals surface area contributed by atoms with Gasteiger partial charge in [-0.05, 0) is 6.92 Å². The first-order valence-electron chi connectivity index (χ1n) is 6.36. The normalized spacial score (nSPS) is 11.3. The first-order valence-corrected chi connectivity index (χ1v) is 8.42. The molecule has 1 aromatic carbocycles. The summed E-state index contributed by atoms with van der Waals surface area (Å²) in [6.07, 6.45) is 0.979. The largest absolute Gasteiger partial charge is 0.338 e. The first kappa shape index (κ1) is 15.2. The zero-order chi connectivity index (χ0) is 15.5. The molecule has 1 heterocycles. The molecule has 2 aromatic rings. The smallest absolute Gasteiger partial charge is 0.234 e. The van der Waals surface area contributed by atoms with Gasteiger partial charge in [0.2, 0.25) is 11.8 Å². The predicted molar refractivity (Wildman–Crippen MR) is 79.6 cm³/mol. The van der Waals surface area contributed by atoms with Crippen LogP contribution in [0.3, 0.4) is 0 Å². The lowest BCUT2D eigenvalue weighted by Gasteiger charge is -2.02. The third-order valence-corrected chi connectivity index (χ3v) is 3.87. The second kappa shape index (κ2) is 6.09. The lowest BCUT2D eigenvalue weighted by atomic mass is 10.1. The molecule has 0 spiro atoms. The number of hydrogen-bond acceptors (Lipinski definition) is 5. The van der Waals surface area contributed by atoms with Crippen molar-refractivity contribution in [3.63, 3.8) is 0 Å². The molecular weight excluding hydrogens is 292 g/mol. The van der Waals surface area contributed by atoms with Gasteiger partial charge in [0.15, 0.2) is 0 Å². The van der Waals surface area contributed by atoms with E-state index in [1.54, 1.807) is 6.92 Å². The SMILES string of the molecule is Cc1c(-c2ccccc2)noc1NC(=O)CCS(C)(=O)=O. The van der Waals surface area contributed by atoms with E-state index in [1.807, 2.05) is 30.3 Å². The second-order valence-electron chi connectivity index (χ2n) is 4.78. The minimum atomic E-state index is -3.17. The van der Waals surface area contributed by atoms with Gasteiger partial charge in [0.05, 0.1) is 5.75 Å². The van der Waals surface area contributed by atoms with Crippen LogP contribution in [0.15, 0.2) is 34.9 Å².